The highest BCUT2D eigenvalue weighted by molar-refractivity contribution is 6.19. The van der Waals surface area contributed by atoms with Crippen LogP contribution >= 0.6 is 0 Å². The fourth-order valence-electron chi connectivity index (χ4n) is 6.96. The van der Waals surface area contributed by atoms with Crippen LogP contribution in [0.2, 0.25) is 0 Å². The molecule has 7 aromatic carbocycles. The van der Waals surface area contributed by atoms with Gasteiger partial charge in [0.25, 0.3) is 0 Å². The van der Waals surface area contributed by atoms with Crippen molar-refractivity contribution in [2.75, 3.05) is 4.90 Å². The molecule has 0 radical (unpaired) electrons. The summed E-state index contributed by atoms with van der Waals surface area (Å²) in [4.78, 5) is 17.1. The minimum Gasteiger partial charge on any atom is -0.278 e. The number of hydrogen-bond donors (Lipinski definition) is 0. The molecule has 0 saturated heterocycles. The molecule has 0 unspecified atom stereocenters. The monoisotopic (exact) mass is 592 g/mol. The Bertz CT molecular complexity index is 2870. The van der Waals surface area contributed by atoms with Crippen LogP contribution in [0.3, 0.4) is 0 Å². The van der Waals surface area contributed by atoms with Crippen LogP contribution in [0.25, 0.3) is 71.8 Å². The number of aromatic nitrogens is 4. The fourth-order valence-corrected chi connectivity index (χ4v) is 6.96. The molecular formula is C41H25N5. The Labute approximate surface area is 271 Å². The van der Waals surface area contributed by atoms with E-state index in [1.807, 2.05) is 70.1 Å². The molecule has 9 aromatic rings. The van der Waals surface area contributed by atoms with Crippen LogP contribution in [0.15, 0.2) is 152 Å². The lowest BCUT2D eigenvalue weighted by Gasteiger charge is -2.32. The van der Waals surface area contributed by atoms with E-state index < -0.39 is 18.1 Å². The molecule has 214 valence electrons. The number of rotatable bonds is 3. The van der Waals surface area contributed by atoms with Gasteiger partial charge in [0.15, 0.2) is 5.82 Å². The van der Waals surface area contributed by atoms with Crippen LogP contribution in [-0.4, -0.2) is 19.5 Å². The van der Waals surface area contributed by atoms with Gasteiger partial charge in [-0.3, -0.25) is 9.47 Å². The van der Waals surface area contributed by atoms with Gasteiger partial charge < -0.3 is 0 Å². The minimum atomic E-state index is -0.481. The predicted octanol–water partition coefficient (Wildman–Crippen LogP) is 10.4. The second-order valence-corrected chi connectivity index (χ2v) is 11.3. The Hall–Kier alpha value is -6.33. The normalized spacial score (nSPS) is 13.8. The maximum atomic E-state index is 8.90. The summed E-state index contributed by atoms with van der Waals surface area (Å²) in [5.41, 5.74) is 5.46. The van der Waals surface area contributed by atoms with Gasteiger partial charge in [-0.2, -0.15) is 15.0 Å². The van der Waals surface area contributed by atoms with E-state index in [-0.39, 0.29) is 35.4 Å². The van der Waals surface area contributed by atoms with Gasteiger partial charge in [0.05, 0.1) is 29.3 Å². The molecule has 1 aliphatic heterocycles. The third-order valence-corrected chi connectivity index (χ3v) is 8.86. The number of fused-ring (bicyclic) bond motifs is 7. The maximum Gasteiger partial charge on any atom is 0.240 e. The molecule has 5 heteroatoms. The van der Waals surface area contributed by atoms with E-state index in [0.717, 1.165) is 65.9 Å². The lowest BCUT2D eigenvalue weighted by atomic mass is 9.88. The van der Waals surface area contributed by atoms with E-state index in [2.05, 4.69) is 60.7 Å². The SMILES string of the molecule is [2H]c1c([2H])c([2H])c(-c2nc(N3c4ccc5ccccc5c4-c4cccc5cccc3c45)nc(-n3c4ccccc4c4ccccc43)n2)c([2H])c1[2H]. The number of anilines is 3. The molecule has 0 aliphatic carbocycles. The van der Waals surface area contributed by atoms with Crippen molar-refractivity contribution in [2.45, 2.75) is 0 Å². The zero-order valence-corrected chi connectivity index (χ0v) is 24.3. The average molecular weight is 593 g/mol. The van der Waals surface area contributed by atoms with Crippen molar-refractivity contribution in [3.8, 4) is 28.5 Å². The van der Waals surface area contributed by atoms with Crippen molar-refractivity contribution in [3.05, 3.63) is 152 Å². The first-order chi connectivity index (χ1) is 24.9. The first kappa shape index (κ1) is 20.6. The molecule has 1 aliphatic rings. The standard InChI is InChI=1S/C41H25N5/c1-2-13-28(14-3-1)39-42-40(45-33-21-8-6-18-30(33)31-19-7-9-22-34(31)45)44-41(43-39)46-35-23-11-16-27-15-10-20-32(37(27)35)38-29-17-5-4-12-26(29)24-25-36(38)46/h1-25H/i1D,2D,3D,13D,14D. The van der Waals surface area contributed by atoms with E-state index in [0.29, 0.717) is 0 Å². The van der Waals surface area contributed by atoms with Crippen LogP contribution in [0.5, 0.6) is 0 Å². The van der Waals surface area contributed by atoms with Gasteiger partial charge in [0.1, 0.15) is 0 Å². The Balaban J connectivity index is 1.36. The van der Waals surface area contributed by atoms with Gasteiger partial charge >= 0.3 is 0 Å². The molecular weight excluding hydrogens is 562 g/mol. The van der Waals surface area contributed by atoms with Crippen molar-refractivity contribution in [2.24, 2.45) is 0 Å². The van der Waals surface area contributed by atoms with Crippen molar-refractivity contribution in [3.63, 3.8) is 0 Å². The van der Waals surface area contributed by atoms with E-state index in [1.165, 1.54) is 0 Å². The largest absolute Gasteiger partial charge is 0.278 e. The summed E-state index contributed by atoms with van der Waals surface area (Å²) in [7, 11) is 0. The number of benzene rings is 7. The summed E-state index contributed by atoms with van der Waals surface area (Å²) < 4.78 is 45.0. The van der Waals surface area contributed by atoms with Crippen molar-refractivity contribution >= 4 is 60.7 Å². The lowest BCUT2D eigenvalue weighted by molar-refractivity contribution is 0.933. The van der Waals surface area contributed by atoms with Gasteiger partial charge in [0.2, 0.25) is 11.9 Å². The first-order valence-electron chi connectivity index (χ1n) is 17.6. The van der Waals surface area contributed by atoms with Crippen LogP contribution in [0.1, 0.15) is 6.85 Å². The smallest absolute Gasteiger partial charge is 0.240 e. The Morgan fingerprint density at radius 1 is 0.500 bits per heavy atom. The average Bonchev–Trinajstić information content (AvgIpc) is 3.51. The molecule has 10 rings (SSSR count). The quantitative estimate of drug-likeness (QED) is 0.205. The van der Waals surface area contributed by atoms with Gasteiger partial charge in [-0.25, -0.2) is 0 Å². The molecule has 0 fully saturated rings. The third kappa shape index (κ3) is 3.54. The Morgan fingerprint density at radius 3 is 1.93 bits per heavy atom. The summed E-state index contributed by atoms with van der Waals surface area (Å²) in [6.07, 6.45) is 0. The Morgan fingerprint density at radius 2 is 1.15 bits per heavy atom. The van der Waals surface area contributed by atoms with E-state index in [1.54, 1.807) is 0 Å². The van der Waals surface area contributed by atoms with Crippen LogP contribution in [0, 0.1) is 0 Å². The molecule has 2 aromatic heterocycles. The first-order valence-corrected chi connectivity index (χ1v) is 15.1. The molecule has 5 nitrogen and oxygen atoms in total. The molecule has 3 heterocycles. The molecule has 0 atom stereocenters. The summed E-state index contributed by atoms with van der Waals surface area (Å²) in [6, 6.07) is 38.7. The highest BCUT2D eigenvalue weighted by Crippen LogP contribution is 2.52. The highest BCUT2D eigenvalue weighted by Gasteiger charge is 2.30. The molecule has 0 bridgehead atoms. The second-order valence-electron chi connectivity index (χ2n) is 11.3. The molecule has 0 N–H and O–H groups in total. The number of para-hydroxylation sites is 2. The molecule has 46 heavy (non-hydrogen) atoms. The van der Waals surface area contributed by atoms with Gasteiger partial charge in [-0.1, -0.05) is 127 Å². The summed E-state index contributed by atoms with van der Waals surface area (Å²) in [5, 5.41) is 6.27. The predicted molar refractivity (Wildman–Crippen MR) is 188 cm³/mol. The van der Waals surface area contributed by atoms with Gasteiger partial charge in [-0.15, -0.1) is 0 Å². The van der Waals surface area contributed by atoms with Crippen LogP contribution in [-0.2, 0) is 0 Å². The highest BCUT2D eigenvalue weighted by atomic mass is 15.3. The maximum absolute atomic E-state index is 8.90. The number of nitrogens with zero attached hydrogens (tertiary/aromatic N) is 5. The minimum absolute atomic E-state index is 0.0257. The van der Waals surface area contributed by atoms with Gasteiger partial charge in [-0.05, 0) is 46.0 Å². The Kier molecular flexibility index (Phi) is 4.29. The third-order valence-electron chi connectivity index (χ3n) is 8.86. The zero-order chi connectivity index (χ0) is 34.5. The summed E-state index contributed by atoms with van der Waals surface area (Å²) >= 11 is 0. The lowest BCUT2D eigenvalue weighted by Crippen LogP contribution is -2.19. The van der Waals surface area contributed by atoms with Crippen molar-refractivity contribution in [1.82, 2.24) is 19.5 Å². The molecule has 0 amide bonds. The summed E-state index contributed by atoms with van der Waals surface area (Å²) in [6.45, 7) is 0. The van der Waals surface area contributed by atoms with E-state index >= 15 is 0 Å². The van der Waals surface area contributed by atoms with Crippen LogP contribution < -0.4 is 4.90 Å². The summed E-state index contributed by atoms with van der Waals surface area (Å²) in [5.74, 6) is 0.483. The van der Waals surface area contributed by atoms with E-state index in [4.69, 9.17) is 21.8 Å². The van der Waals surface area contributed by atoms with E-state index in [9.17, 15) is 0 Å². The number of hydrogen-bond acceptors (Lipinski definition) is 4. The zero-order valence-electron chi connectivity index (χ0n) is 29.3. The van der Waals surface area contributed by atoms with Crippen LogP contribution in [0.4, 0.5) is 17.3 Å². The molecule has 0 saturated carbocycles. The van der Waals surface area contributed by atoms with Crippen molar-refractivity contribution in [1.29, 1.82) is 0 Å². The topological polar surface area (TPSA) is 46.8 Å². The molecule has 0 spiro atoms. The van der Waals surface area contributed by atoms with Gasteiger partial charge in [0, 0.05) is 27.3 Å². The fraction of sp³-hybridized carbons (Fsp3) is 0. The van der Waals surface area contributed by atoms with Crippen molar-refractivity contribution < 1.29 is 6.85 Å². The second kappa shape index (κ2) is 9.58.